The van der Waals surface area contributed by atoms with E-state index in [0.717, 1.165) is 29.2 Å². The summed E-state index contributed by atoms with van der Waals surface area (Å²) in [6.07, 6.45) is -3.20. The van der Waals surface area contributed by atoms with Gasteiger partial charge in [-0.3, -0.25) is 4.79 Å². The zero-order valence-corrected chi connectivity index (χ0v) is 16.8. The second-order valence-electron chi connectivity index (χ2n) is 6.16. The number of anilines is 2. The van der Waals surface area contributed by atoms with E-state index in [1.54, 1.807) is 30.3 Å². The molecule has 0 aliphatic heterocycles. The molecule has 3 aromatic rings. The molecule has 6 nitrogen and oxygen atoms in total. The summed E-state index contributed by atoms with van der Waals surface area (Å²) in [5, 5.41) is 0.458. The Morgan fingerprint density at radius 1 is 1.10 bits per heavy atom. The number of alkyl halides is 3. The zero-order chi connectivity index (χ0) is 22.6. The van der Waals surface area contributed by atoms with Crippen LogP contribution in [0.3, 0.4) is 0 Å². The lowest BCUT2D eigenvalue weighted by Crippen LogP contribution is -2.35. The maximum atomic E-state index is 12.9. The number of halogens is 4. The SMILES string of the molecule is CCOC(=O)C(=O)N(c1ccc(C(F)(F)F)cc1)c1nccc(-c2cccc(Cl)c2)n1. The summed E-state index contributed by atoms with van der Waals surface area (Å²) < 4.78 is 43.5. The number of hydrogen-bond donors (Lipinski definition) is 0. The molecule has 160 valence electrons. The molecule has 1 amide bonds. The minimum Gasteiger partial charge on any atom is -0.459 e. The predicted octanol–water partition coefficient (Wildman–Crippen LogP) is 5.04. The maximum Gasteiger partial charge on any atom is 0.416 e. The third kappa shape index (κ3) is 5.18. The Morgan fingerprint density at radius 3 is 2.42 bits per heavy atom. The summed E-state index contributed by atoms with van der Waals surface area (Å²) in [6.45, 7) is 1.46. The average molecular weight is 450 g/mol. The van der Waals surface area contributed by atoms with Gasteiger partial charge >= 0.3 is 18.1 Å². The Kier molecular flexibility index (Phi) is 6.55. The summed E-state index contributed by atoms with van der Waals surface area (Å²) in [4.78, 5) is 34.0. The predicted molar refractivity (Wildman–Crippen MR) is 108 cm³/mol. The highest BCUT2D eigenvalue weighted by Gasteiger charge is 2.32. The number of esters is 1. The van der Waals surface area contributed by atoms with Gasteiger partial charge in [0.25, 0.3) is 0 Å². The van der Waals surface area contributed by atoms with Crippen LogP contribution < -0.4 is 4.90 Å². The molecule has 2 aromatic carbocycles. The molecule has 0 spiro atoms. The quantitative estimate of drug-likeness (QED) is 0.412. The van der Waals surface area contributed by atoms with E-state index in [0.29, 0.717) is 16.3 Å². The molecule has 0 radical (unpaired) electrons. The van der Waals surface area contributed by atoms with Gasteiger partial charge in [0, 0.05) is 16.8 Å². The van der Waals surface area contributed by atoms with Crippen molar-refractivity contribution in [3.8, 4) is 11.3 Å². The lowest BCUT2D eigenvalue weighted by atomic mass is 10.1. The van der Waals surface area contributed by atoms with Gasteiger partial charge in [0.2, 0.25) is 5.95 Å². The van der Waals surface area contributed by atoms with Gasteiger partial charge in [-0.15, -0.1) is 0 Å². The number of rotatable bonds is 4. The van der Waals surface area contributed by atoms with Gasteiger partial charge in [-0.25, -0.2) is 19.7 Å². The molecule has 0 aliphatic carbocycles. The average Bonchev–Trinajstić information content (AvgIpc) is 2.74. The molecule has 31 heavy (non-hydrogen) atoms. The molecule has 10 heteroatoms. The van der Waals surface area contributed by atoms with Crippen molar-refractivity contribution in [3.05, 3.63) is 71.4 Å². The number of nitrogens with zero attached hydrogens (tertiary/aromatic N) is 3. The van der Waals surface area contributed by atoms with E-state index < -0.39 is 23.6 Å². The molecule has 0 saturated heterocycles. The Bertz CT molecular complexity index is 1100. The van der Waals surface area contributed by atoms with Crippen molar-refractivity contribution in [3.63, 3.8) is 0 Å². The molecule has 0 atom stereocenters. The monoisotopic (exact) mass is 449 g/mol. The maximum absolute atomic E-state index is 12.9. The normalized spacial score (nSPS) is 11.1. The van der Waals surface area contributed by atoms with Crippen LogP contribution >= 0.6 is 11.6 Å². The van der Waals surface area contributed by atoms with Crippen molar-refractivity contribution >= 4 is 35.1 Å². The van der Waals surface area contributed by atoms with Crippen LogP contribution in [0.25, 0.3) is 11.3 Å². The number of aromatic nitrogens is 2. The van der Waals surface area contributed by atoms with Crippen molar-refractivity contribution in [2.24, 2.45) is 0 Å². The first-order valence-electron chi connectivity index (χ1n) is 8.98. The van der Waals surface area contributed by atoms with Gasteiger partial charge in [-0.1, -0.05) is 23.7 Å². The molecule has 3 rings (SSSR count). The van der Waals surface area contributed by atoms with E-state index in [9.17, 15) is 22.8 Å². The van der Waals surface area contributed by atoms with Crippen LogP contribution in [0.4, 0.5) is 24.8 Å². The minimum atomic E-state index is -4.56. The fourth-order valence-corrected chi connectivity index (χ4v) is 2.86. The molecule has 0 fully saturated rings. The van der Waals surface area contributed by atoms with Crippen molar-refractivity contribution < 1.29 is 27.5 Å². The lowest BCUT2D eigenvalue weighted by Gasteiger charge is -2.20. The van der Waals surface area contributed by atoms with Crippen molar-refractivity contribution in [2.45, 2.75) is 13.1 Å². The summed E-state index contributed by atoms with van der Waals surface area (Å²) in [6, 6.07) is 12.0. The van der Waals surface area contributed by atoms with Crippen LogP contribution in [0.5, 0.6) is 0 Å². The Balaban J connectivity index is 2.08. The van der Waals surface area contributed by atoms with Crippen LogP contribution in [0, 0.1) is 0 Å². The fourth-order valence-electron chi connectivity index (χ4n) is 2.67. The molecule has 1 aromatic heterocycles. The third-order valence-electron chi connectivity index (χ3n) is 4.07. The highest BCUT2D eigenvalue weighted by Crippen LogP contribution is 2.32. The van der Waals surface area contributed by atoms with E-state index in [-0.39, 0.29) is 18.2 Å². The number of hydrogen-bond acceptors (Lipinski definition) is 5. The molecule has 0 N–H and O–H groups in total. The number of benzene rings is 2. The fraction of sp³-hybridized carbons (Fsp3) is 0.143. The number of amides is 1. The molecular weight excluding hydrogens is 435 g/mol. The van der Waals surface area contributed by atoms with Gasteiger partial charge in [-0.05, 0) is 49.4 Å². The van der Waals surface area contributed by atoms with E-state index >= 15 is 0 Å². The Morgan fingerprint density at radius 2 is 1.81 bits per heavy atom. The van der Waals surface area contributed by atoms with Crippen LogP contribution in [0.1, 0.15) is 12.5 Å². The molecule has 0 aliphatic rings. The summed E-state index contributed by atoms with van der Waals surface area (Å²) >= 11 is 6.01. The van der Waals surface area contributed by atoms with Gasteiger partial charge in [0.15, 0.2) is 0 Å². The molecule has 0 unspecified atom stereocenters. The first-order valence-corrected chi connectivity index (χ1v) is 9.36. The zero-order valence-electron chi connectivity index (χ0n) is 16.1. The largest absolute Gasteiger partial charge is 0.459 e. The van der Waals surface area contributed by atoms with E-state index in [4.69, 9.17) is 16.3 Å². The molecule has 1 heterocycles. The number of ether oxygens (including phenoxy) is 1. The Labute approximate surface area is 180 Å². The standard InChI is InChI=1S/C21H15ClF3N3O3/c1-2-31-19(30)18(29)28(16-8-6-14(7-9-16)21(23,24)25)20-26-11-10-17(27-20)13-4-3-5-15(22)12-13/h3-12H,2H2,1H3. The first-order chi connectivity index (χ1) is 14.7. The topological polar surface area (TPSA) is 72.4 Å². The lowest BCUT2D eigenvalue weighted by molar-refractivity contribution is -0.153. The van der Waals surface area contributed by atoms with Crippen molar-refractivity contribution in [1.82, 2.24) is 9.97 Å². The van der Waals surface area contributed by atoms with Gasteiger partial charge in [-0.2, -0.15) is 13.2 Å². The summed E-state index contributed by atoms with van der Waals surface area (Å²) in [5.74, 6) is -2.56. The van der Waals surface area contributed by atoms with Crippen LogP contribution in [-0.4, -0.2) is 28.5 Å². The highest BCUT2D eigenvalue weighted by molar-refractivity contribution is 6.39. The van der Waals surface area contributed by atoms with Crippen LogP contribution in [0.2, 0.25) is 5.02 Å². The highest BCUT2D eigenvalue weighted by atomic mass is 35.5. The smallest absolute Gasteiger partial charge is 0.416 e. The van der Waals surface area contributed by atoms with Crippen molar-refractivity contribution in [2.75, 3.05) is 11.5 Å². The number of carbonyl (C=O) groups excluding carboxylic acids is 2. The third-order valence-corrected chi connectivity index (χ3v) is 4.30. The van der Waals surface area contributed by atoms with Crippen LogP contribution in [0.15, 0.2) is 60.8 Å². The first kappa shape index (κ1) is 22.2. The van der Waals surface area contributed by atoms with E-state index in [1.165, 1.54) is 13.1 Å². The van der Waals surface area contributed by atoms with Crippen molar-refractivity contribution in [1.29, 1.82) is 0 Å². The molecule has 0 bridgehead atoms. The Hall–Kier alpha value is -3.46. The minimum absolute atomic E-state index is 0.0331. The van der Waals surface area contributed by atoms with E-state index in [1.807, 2.05) is 0 Å². The molecule has 0 saturated carbocycles. The van der Waals surface area contributed by atoms with Gasteiger partial charge in [0.05, 0.1) is 23.6 Å². The van der Waals surface area contributed by atoms with Crippen LogP contribution in [-0.2, 0) is 20.5 Å². The van der Waals surface area contributed by atoms with E-state index in [2.05, 4.69) is 9.97 Å². The summed E-state index contributed by atoms with van der Waals surface area (Å²) in [5.41, 5.74) is 0.0656. The molecular formula is C21H15ClF3N3O3. The van der Waals surface area contributed by atoms with Gasteiger partial charge in [0.1, 0.15) is 0 Å². The van der Waals surface area contributed by atoms with Gasteiger partial charge < -0.3 is 4.74 Å². The second-order valence-corrected chi connectivity index (χ2v) is 6.59. The summed E-state index contributed by atoms with van der Waals surface area (Å²) in [7, 11) is 0. The number of carbonyl (C=O) groups is 2. The second kappa shape index (κ2) is 9.13.